The molecule has 1 heterocycles. The van der Waals surface area contributed by atoms with E-state index in [0.717, 1.165) is 22.6 Å². The third-order valence-corrected chi connectivity index (χ3v) is 4.63. The number of carbonyl (C=O) groups excluding carboxylic acids is 1. The number of thiazole rings is 1. The molecule has 0 aliphatic rings. The van der Waals surface area contributed by atoms with E-state index in [0.29, 0.717) is 24.4 Å². The summed E-state index contributed by atoms with van der Waals surface area (Å²) in [7, 11) is 0. The molecule has 0 atom stereocenters. The SMILES string of the molecule is CCN(CCc1nccs1)C(=O)c1cc(C)c(OCC(=O)O)c(C)c1. The van der Waals surface area contributed by atoms with Gasteiger partial charge in [-0.15, -0.1) is 11.3 Å². The molecular weight excluding hydrogens is 340 g/mol. The van der Waals surface area contributed by atoms with Crippen molar-refractivity contribution in [1.82, 2.24) is 9.88 Å². The minimum Gasteiger partial charge on any atom is -0.481 e. The predicted octanol–water partition coefficient (Wildman–Crippen LogP) is 2.93. The smallest absolute Gasteiger partial charge is 0.341 e. The van der Waals surface area contributed by atoms with Crippen LogP contribution in [0.2, 0.25) is 0 Å². The van der Waals surface area contributed by atoms with E-state index in [9.17, 15) is 9.59 Å². The van der Waals surface area contributed by atoms with Crippen LogP contribution in [0.3, 0.4) is 0 Å². The van der Waals surface area contributed by atoms with Gasteiger partial charge in [-0.1, -0.05) is 0 Å². The molecular formula is C18H22N2O4S. The zero-order valence-electron chi connectivity index (χ0n) is 14.6. The highest BCUT2D eigenvalue weighted by atomic mass is 32.1. The van der Waals surface area contributed by atoms with Crippen molar-refractivity contribution in [2.75, 3.05) is 19.7 Å². The average Bonchev–Trinajstić information content (AvgIpc) is 3.07. The number of benzene rings is 1. The molecule has 0 fully saturated rings. The number of carbonyl (C=O) groups is 2. The summed E-state index contributed by atoms with van der Waals surface area (Å²) >= 11 is 1.58. The van der Waals surface area contributed by atoms with Crippen molar-refractivity contribution in [1.29, 1.82) is 0 Å². The molecule has 0 aliphatic heterocycles. The number of hydrogen-bond donors (Lipinski definition) is 1. The molecule has 25 heavy (non-hydrogen) atoms. The fourth-order valence-corrected chi connectivity index (χ4v) is 3.24. The summed E-state index contributed by atoms with van der Waals surface area (Å²) in [6.07, 6.45) is 2.50. The molecule has 1 N–H and O–H groups in total. The second-order valence-electron chi connectivity index (χ2n) is 5.68. The summed E-state index contributed by atoms with van der Waals surface area (Å²) in [5.41, 5.74) is 2.08. The Labute approximate surface area is 151 Å². The molecule has 0 radical (unpaired) electrons. The van der Waals surface area contributed by atoms with Crippen molar-refractivity contribution in [2.45, 2.75) is 27.2 Å². The molecule has 0 bridgehead atoms. The Morgan fingerprint density at radius 1 is 1.28 bits per heavy atom. The van der Waals surface area contributed by atoms with Crippen LogP contribution in [-0.2, 0) is 11.2 Å². The van der Waals surface area contributed by atoms with Crippen LogP contribution in [0.1, 0.15) is 33.4 Å². The molecule has 0 saturated carbocycles. The molecule has 2 aromatic rings. The fourth-order valence-electron chi connectivity index (χ4n) is 2.63. The number of amides is 1. The second kappa shape index (κ2) is 8.62. The van der Waals surface area contributed by atoms with E-state index in [4.69, 9.17) is 9.84 Å². The number of nitrogens with zero attached hydrogens (tertiary/aromatic N) is 2. The lowest BCUT2D eigenvalue weighted by Gasteiger charge is -2.21. The van der Waals surface area contributed by atoms with Gasteiger partial charge < -0.3 is 14.7 Å². The van der Waals surface area contributed by atoms with E-state index in [1.165, 1.54) is 0 Å². The van der Waals surface area contributed by atoms with Crippen molar-refractivity contribution < 1.29 is 19.4 Å². The van der Waals surface area contributed by atoms with E-state index in [1.54, 1.807) is 34.6 Å². The number of carboxylic acid groups (broad SMARTS) is 1. The van der Waals surface area contributed by atoms with Gasteiger partial charge in [0.15, 0.2) is 6.61 Å². The number of aliphatic carboxylic acids is 1. The molecule has 0 saturated heterocycles. The van der Waals surface area contributed by atoms with Gasteiger partial charge in [0.1, 0.15) is 5.75 Å². The lowest BCUT2D eigenvalue weighted by molar-refractivity contribution is -0.139. The highest BCUT2D eigenvalue weighted by Crippen LogP contribution is 2.25. The van der Waals surface area contributed by atoms with Gasteiger partial charge in [-0.3, -0.25) is 4.79 Å². The second-order valence-corrected chi connectivity index (χ2v) is 6.66. The molecule has 0 spiro atoms. The number of rotatable bonds is 8. The number of hydrogen-bond acceptors (Lipinski definition) is 5. The molecule has 6 nitrogen and oxygen atoms in total. The fraction of sp³-hybridized carbons (Fsp3) is 0.389. The van der Waals surface area contributed by atoms with Crippen molar-refractivity contribution in [3.05, 3.63) is 45.4 Å². The first-order chi connectivity index (χ1) is 11.9. The van der Waals surface area contributed by atoms with Crippen LogP contribution in [0.15, 0.2) is 23.7 Å². The first-order valence-electron chi connectivity index (χ1n) is 8.05. The summed E-state index contributed by atoms with van der Waals surface area (Å²) in [5.74, 6) is -0.557. The molecule has 1 aromatic heterocycles. The summed E-state index contributed by atoms with van der Waals surface area (Å²) in [6, 6.07) is 3.50. The minimum atomic E-state index is -1.03. The molecule has 2 rings (SSSR count). The Balaban J connectivity index is 2.12. The standard InChI is InChI=1S/C18H22N2O4S/c1-4-20(7-5-15-19-6-8-25-15)18(23)14-9-12(2)17(13(3)10-14)24-11-16(21)22/h6,8-10H,4-5,7,11H2,1-3H3,(H,21,22). The number of ether oxygens (including phenoxy) is 1. The van der Waals surface area contributed by atoms with E-state index in [1.807, 2.05) is 26.2 Å². The predicted molar refractivity (Wildman–Crippen MR) is 96.4 cm³/mol. The summed E-state index contributed by atoms with van der Waals surface area (Å²) in [5, 5.41) is 11.7. The van der Waals surface area contributed by atoms with Gasteiger partial charge >= 0.3 is 5.97 Å². The largest absolute Gasteiger partial charge is 0.481 e. The quantitative estimate of drug-likeness (QED) is 0.781. The van der Waals surface area contributed by atoms with Gasteiger partial charge in [-0.05, 0) is 44.0 Å². The maximum Gasteiger partial charge on any atom is 0.341 e. The van der Waals surface area contributed by atoms with Crippen molar-refractivity contribution in [3.8, 4) is 5.75 Å². The highest BCUT2D eigenvalue weighted by Gasteiger charge is 2.17. The summed E-state index contributed by atoms with van der Waals surface area (Å²) in [6.45, 7) is 6.39. The molecule has 1 aromatic carbocycles. The Morgan fingerprint density at radius 3 is 2.48 bits per heavy atom. The highest BCUT2D eigenvalue weighted by molar-refractivity contribution is 7.09. The Morgan fingerprint density at radius 2 is 1.96 bits per heavy atom. The summed E-state index contributed by atoms with van der Waals surface area (Å²) in [4.78, 5) is 29.5. The van der Waals surface area contributed by atoms with Crippen LogP contribution in [0, 0.1) is 13.8 Å². The number of aromatic nitrogens is 1. The molecule has 0 unspecified atom stereocenters. The Bertz CT molecular complexity index is 721. The van der Waals surface area contributed by atoms with E-state index in [-0.39, 0.29) is 5.91 Å². The molecule has 134 valence electrons. The zero-order chi connectivity index (χ0) is 18.4. The summed E-state index contributed by atoms with van der Waals surface area (Å²) < 4.78 is 5.32. The van der Waals surface area contributed by atoms with Gasteiger partial charge in [-0.25, -0.2) is 9.78 Å². The van der Waals surface area contributed by atoms with E-state index < -0.39 is 12.6 Å². The lowest BCUT2D eigenvalue weighted by atomic mass is 10.0. The first kappa shape index (κ1) is 18.9. The third kappa shape index (κ3) is 5.03. The number of carboxylic acids is 1. The third-order valence-electron chi connectivity index (χ3n) is 3.80. The van der Waals surface area contributed by atoms with Crippen molar-refractivity contribution >= 4 is 23.2 Å². The Hall–Kier alpha value is -2.41. The van der Waals surface area contributed by atoms with Crippen LogP contribution in [-0.4, -0.2) is 46.6 Å². The minimum absolute atomic E-state index is 0.0463. The normalized spacial score (nSPS) is 10.5. The number of aryl methyl sites for hydroxylation is 2. The molecule has 1 amide bonds. The van der Waals surface area contributed by atoms with Gasteiger partial charge in [0, 0.05) is 36.7 Å². The monoisotopic (exact) mass is 362 g/mol. The van der Waals surface area contributed by atoms with Gasteiger partial charge in [0.05, 0.1) is 5.01 Å². The van der Waals surface area contributed by atoms with Crippen LogP contribution in [0.4, 0.5) is 0 Å². The number of likely N-dealkylation sites (N-methyl/N-ethyl adjacent to an activating group) is 1. The zero-order valence-corrected chi connectivity index (χ0v) is 15.4. The maximum atomic E-state index is 12.8. The van der Waals surface area contributed by atoms with Crippen LogP contribution < -0.4 is 4.74 Å². The van der Waals surface area contributed by atoms with E-state index in [2.05, 4.69) is 4.98 Å². The van der Waals surface area contributed by atoms with Crippen molar-refractivity contribution in [3.63, 3.8) is 0 Å². The van der Waals surface area contributed by atoms with Gasteiger partial charge in [-0.2, -0.15) is 0 Å². The van der Waals surface area contributed by atoms with Gasteiger partial charge in [0.2, 0.25) is 0 Å². The van der Waals surface area contributed by atoms with Crippen LogP contribution >= 0.6 is 11.3 Å². The molecule has 0 aliphatic carbocycles. The van der Waals surface area contributed by atoms with Crippen LogP contribution in [0.25, 0.3) is 0 Å². The molecule has 7 heteroatoms. The van der Waals surface area contributed by atoms with Crippen LogP contribution in [0.5, 0.6) is 5.75 Å². The van der Waals surface area contributed by atoms with Gasteiger partial charge in [0.25, 0.3) is 5.91 Å². The van der Waals surface area contributed by atoms with E-state index >= 15 is 0 Å². The average molecular weight is 362 g/mol. The maximum absolute atomic E-state index is 12.8. The first-order valence-corrected chi connectivity index (χ1v) is 8.93. The lowest BCUT2D eigenvalue weighted by Crippen LogP contribution is -2.32. The topological polar surface area (TPSA) is 79.7 Å². The Kier molecular flexibility index (Phi) is 6.52. The van der Waals surface area contributed by atoms with Crippen molar-refractivity contribution in [2.24, 2.45) is 0 Å².